The maximum atomic E-state index is 12.5. The average molecular weight is 290 g/mol. The van der Waals surface area contributed by atoms with E-state index in [4.69, 9.17) is 5.11 Å². The summed E-state index contributed by atoms with van der Waals surface area (Å²) in [6, 6.07) is 16.6. The van der Waals surface area contributed by atoms with E-state index in [1.165, 1.54) is 0 Å². The van der Waals surface area contributed by atoms with Gasteiger partial charge in [0.2, 0.25) is 0 Å². The molecule has 0 unspecified atom stereocenters. The predicted octanol–water partition coefficient (Wildman–Crippen LogP) is 2.49. The molecule has 0 fully saturated rings. The minimum absolute atomic E-state index is 0.235. The summed E-state index contributed by atoms with van der Waals surface area (Å²) in [7, 11) is -3.45. The summed E-state index contributed by atoms with van der Waals surface area (Å²) in [5.41, 5.74) is 2.44. The molecule has 0 aliphatic carbocycles. The van der Waals surface area contributed by atoms with Gasteiger partial charge in [0.1, 0.15) is 5.25 Å². The van der Waals surface area contributed by atoms with Crippen LogP contribution in [0.1, 0.15) is 21.9 Å². The highest BCUT2D eigenvalue weighted by atomic mass is 32.2. The van der Waals surface area contributed by atoms with Crippen LogP contribution in [0.15, 0.2) is 54.6 Å². The highest BCUT2D eigenvalue weighted by Gasteiger charge is 2.29. The van der Waals surface area contributed by atoms with Crippen molar-refractivity contribution in [2.75, 3.05) is 12.4 Å². The van der Waals surface area contributed by atoms with Crippen LogP contribution in [0.4, 0.5) is 0 Å². The lowest BCUT2D eigenvalue weighted by Crippen LogP contribution is -2.20. The molecular weight excluding hydrogens is 272 g/mol. The van der Waals surface area contributed by atoms with Gasteiger partial charge in [-0.1, -0.05) is 54.6 Å². The summed E-state index contributed by atoms with van der Waals surface area (Å²) < 4.78 is 25.0. The summed E-state index contributed by atoms with van der Waals surface area (Å²) in [5, 5.41) is 8.31. The molecule has 20 heavy (non-hydrogen) atoms. The number of benzene rings is 2. The van der Waals surface area contributed by atoms with Crippen LogP contribution in [-0.4, -0.2) is 25.9 Å². The molecule has 0 spiro atoms. The lowest BCUT2D eigenvalue weighted by Gasteiger charge is -2.20. The first-order chi connectivity index (χ1) is 9.56. The van der Waals surface area contributed by atoms with Crippen molar-refractivity contribution in [3.8, 4) is 0 Å². The molecule has 2 aromatic carbocycles. The molecule has 0 amide bonds. The van der Waals surface area contributed by atoms with Gasteiger partial charge in [0, 0.05) is 0 Å². The van der Waals surface area contributed by atoms with Crippen molar-refractivity contribution in [3.63, 3.8) is 0 Å². The Balaban J connectivity index is 2.60. The molecule has 0 heterocycles. The molecule has 0 aromatic heterocycles. The van der Waals surface area contributed by atoms with Crippen molar-refractivity contribution in [2.24, 2.45) is 0 Å². The van der Waals surface area contributed by atoms with Crippen molar-refractivity contribution in [2.45, 2.75) is 12.2 Å². The SMILES string of the molecule is Cc1ccccc1[C@@H](c1ccccc1)S(=O)(=O)CCO. The average Bonchev–Trinajstić information content (AvgIpc) is 2.42. The first-order valence-corrected chi connectivity index (χ1v) is 8.20. The molecule has 0 aliphatic heterocycles. The zero-order chi connectivity index (χ0) is 14.6. The van der Waals surface area contributed by atoms with Crippen LogP contribution in [0, 0.1) is 6.92 Å². The maximum Gasteiger partial charge on any atom is 0.163 e. The molecule has 2 rings (SSSR count). The van der Waals surface area contributed by atoms with Crippen molar-refractivity contribution in [1.82, 2.24) is 0 Å². The molecule has 1 atom stereocenters. The third kappa shape index (κ3) is 3.08. The van der Waals surface area contributed by atoms with E-state index in [1.807, 2.05) is 61.5 Å². The molecule has 0 radical (unpaired) electrons. The van der Waals surface area contributed by atoms with Crippen LogP contribution in [0.5, 0.6) is 0 Å². The summed E-state index contributed by atoms with van der Waals surface area (Å²) in [6.45, 7) is 1.54. The van der Waals surface area contributed by atoms with Crippen molar-refractivity contribution in [1.29, 1.82) is 0 Å². The van der Waals surface area contributed by atoms with E-state index < -0.39 is 15.1 Å². The van der Waals surface area contributed by atoms with Gasteiger partial charge in [0.15, 0.2) is 9.84 Å². The number of sulfone groups is 1. The van der Waals surface area contributed by atoms with Gasteiger partial charge in [0.05, 0.1) is 12.4 Å². The summed E-state index contributed by atoms with van der Waals surface area (Å²) in [5.74, 6) is -0.235. The maximum absolute atomic E-state index is 12.5. The van der Waals surface area contributed by atoms with Crippen LogP contribution in [0.2, 0.25) is 0 Å². The Morgan fingerprint density at radius 2 is 1.60 bits per heavy atom. The van der Waals surface area contributed by atoms with E-state index in [9.17, 15) is 8.42 Å². The van der Waals surface area contributed by atoms with Crippen LogP contribution >= 0.6 is 0 Å². The summed E-state index contributed by atoms with van der Waals surface area (Å²) >= 11 is 0. The third-order valence-corrected chi connectivity index (χ3v) is 5.30. The van der Waals surface area contributed by atoms with Gasteiger partial charge in [-0.05, 0) is 23.6 Å². The van der Waals surface area contributed by atoms with Crippen LogP contribution in [-0.2, 0) is 9.84 Å². The highest BCUT2D eigenvalue weighted by Crippen LogP contribution is 2.32. The quantitative estimate of drug-likeness (QED) is 0.920. The fourth-order valence-corrected chi connectivity index (χ4v) is 4.05. The molecule has 0 bridgehead atoms. The Bertz CT molecular complexity index is 663. The zero-order valence-corrected chi connectivity index (χ0v) is 12.2. The second kappa shape index (κ2) is 6.20. The van der Waals surface area contributed by atoms with Gasteiger partial charge in [-0.15, -0.1) is 0 Å². The van der Waals surface area contributed by atoms with Gasteiger partial charge in [-0.3, -0.25) is 0 Å². The lowest BCUT2D eigenvalue weighted by molar-refractivity contribution is 0.319. The molecule has 106 valence electrons. The third-order valence-electron chi connectivity index (χ3n) is 3.31. The topological polar surface area (TPSA) is 54.4 Å². The van der Waals surface area contributed by atoms with Gasteiger partial charge >= 0.3 is 0 Å². The van der Waals surface area contributed by atoms with Gasteiger partial charge in [-0.2, -0.15) is 0 Å². The van der Waals surface area contributed by atoms with Crippen LogP contribution < -0.4 is 0 Å². The monoisotopic (exact) mass is 290 g/mol. The Kier molecular flexibility index (Phi) is 4.57. The van der Waals surface area contributed by atoms with Crippen molar-refractivity contribution in [3.05, 3.63) is 71.3 Å². The van der Waals surface area contributed by atoms with Crippen LogP contribution in [0.25, 0.3) is 0 Å². The van der Waals surface area contributed by atoms with Gasteiger partial charge in [-0.25, -0.2) is 8.42 Å². The van der Waals surface area contributed by atoms with E-state index in [2.05, 4.69) is 0 Å². The van der Waals surface area contributed by atoms with E-state index in [0.717, 1.165) is 16.7 Å². The van der Waals surface area contributed by atoms with Crippen LogP contribution in [0.3, 0.4) is 0 Å². The lowest BCUT2D eigenvalue weighted by atomic mass is 10.0. The van der Waals surface area contributed by atoms with Gasteiger partial charge in [0.25, 0.3) is 0 Å². The van der Waals surface area contributed by atoms with E-state index in [-0.39, 0.29) is 12.4 Å². The Labute approximate surface area is 119 Å². The number of aliphatic hydroxyl groups is 1. The number of aryl methyl sites for hydroxylation is 1. The standard InChI is InChI=1S/C16H18O3S/c1-13-7-5-6-10-15(13)16(20(18,19)12-11-17)14-8-3-2-4-9-14/h2-10,16-17H,11-12H2,1H3/t16-/m1/s1. The molecule has 4 heteroatoms. The molecule has 3 nitrogen and oxygen atoms in total. The highest BCUT2D eigenvalue weighted by molar-refractivity contribution is 7.91. The fourth-order valence-electron chi connectivity index (χ4n) is 2.33. The number of aliphatic hydroxyl groups excluding tert-OH is 1. The number of hydrogen-bond acceptors (Lipinski definition) is 3. The Morgan fingerprint density at radius 1 is 1.00 bits per heavy atom. The smallest absolute Gasteiger partial charge is 0.163 e. The van der Waals surface area contributed by atoms with E-state index in [1.54, 1.807) is 0 Å². The second-order valence-electron chi connectivity index (χ2n) is 4.74. The summed E-state index contributed by atoms with van der Waals surface area (Å²) in [4.78, 5) is 0. The Morgan fingerprint density at radius 3 is 2.20 bits per heavy atom. The molecule has 1 N–H and O–H groups in total. The van der Waals surface area contributed by atoms with E-state index in [0.29, 0.717) is 0 Å². The largest absolute Gasteiger partial charge is 0.395 e. The van der Waals surface area contributed by atoms with Crippen molar-refractivity contribution < 1.29 is 13.5 Å². The molecule has 0 aliphatic rings. The van der Waals surface area contributed by atoms with E-state index >= 15 is 0 Å². The fraction of sp³-hybridized carbons (Fsp3) is 0.250. The number of rotatable bonds is 5. The zero-order valence-electron chi connectivity index (χ0n) is 11.4. The first-order valence-electron chi connectivity index (χ1n) is 6.49. The molecule has 2 aromatic rings. The molecular formula is C16H18O3S. The molecule has 0 saturated heterocycles. The summed E-state index contributed by atoms with van der Waals surface area (Å²) in [6.07, 6.45) is 0. The second-order valence-corrected chi connectivity index (χ2v) is 6.94. The van der Waals surface area contributed by atoms with Gasteiger partial charge < -0.3 is 5.11 Å². The minimum atomic E-state index is -3.45. The first kappa shape index (κ1) is 14.8. The number of hydrogen-bond donors (Lipinski definition) is 1. The minimum Gasteiger partial charge on any atom is -0.395 e. The molecule has 0 saturated carbocycles. The van der Waals surface area contributed by atoms with Crippen molar-refractivity contribution >= 4 is 9.84 Å². The predicted molar refractivity (Wildman–Crippen MR) is 80.3 cm³/mol. The normalized spacial score (nSPS) is 13.1. The Hall–Kier alpha value is -1.65.